The monoisotopic (exact) mass is 303 g/mol. The zero-order valence-corrected chi connectivity index (χ0v) is 13.3. The molecule has 0 aliphatic heterocycles. The minimum Gasteiger partial charge on any atom is -0.353 e. The van der Waals surface area contributed by atoms with Crippen LogP contribution in [0.5, 0.6) is 0 Å². The molecule has 0 aliphatic carbocycles. The number of nitrogens with zero attached hydrogens (tertiary/aromatic N) is 4. The Morgan fingerprint density at radius 2 is 2.43 bits per heavy atom. The van der Waals surface area contributed by atoms with Gasteiger partial charge in [-0.05, 0) is 22.4 Å². The summed E-state index contributed by atoms with van der Waals surface area (Å²) in [5.41, 5.74) is 2.39. The summed E-state index contributed by atoms with van der Waals surface area (Å²) in [6.45, 7) is 5.88. The van der Waals surface area contributed by atoms with E-state index in [-0.39, 0.29) is 0 Å². The van der Waals surface area contributed by atoms with Gasteiger partial charge >= 0.3 is 0 Å². The number of hydrogen-bond donors (Lipinski definition) is 1. The lowest BCUT2D eigenvalue weighted by Crippen LogP contribution is -2.38. The van der Waals surface area contributed by atoms with Gasteiger partial charge in [-0.15, -0.1) is 6.58 Å². The molecule has 21 heavy (non-hydrogen) atoms. The number of aliphatic imine (C=N–C) groups is 1. The lowest BCUT2D eigenvalue weighted by Gasteiger charge is -2.21. The van der Waals surface area contributed by atoms with E-state index in [9.17, 15) is 0 Å². The van der Waals surface area contributed by atoms with Crippen LogP contribution in [0.2, 0.25) is 0 Å². The molecule has 0 bridgehead atoms. The summed E-state index contributed by atoms with van der Waals surface area (Å²) in [6, 6.07) is 2.10. The van der Waals surface area contributed by atoms with Gasteiger partial charge in [0.1, 0.15) is 0 Å². The highest BCUT2D eigenvalue weighted by atomic mass is 32.1. The number of aromatic nitrogens is 2. The van der Waals surface area contributed by atoms with Gasteiger partial charge in [0.25, 0.3) is 0 Å². The fourth-order valence-electron chi connectivity index (χ4n) is 1.93. The van der Waals surface area contributed by atoms with Crippen LogP contribution in [-0.4, -0.2) is 34.2 Å². The van der Waals surface area contributed by atoms with Crippen molar-refractivity contribution in [2.24, 2.45) is 12.0 Å². The van der Waals surface area contributed by atoms with Crippen molar-refractivity contribution in [2.75, 3.05) is 13.6 Å². The third-order valence-corrected chi connectivity index (χ3v) is 3.67. The molecule has 2 aromatic heterocycles. The van der Waals surface area contributed by atoms with Crippen molar-refractivity contribution < 1.29 is 0 Å². The normalized spacial score (nSPS) is 11.4. The smallest absolute Gasteiger partial charge is 0.194 e. The molecule has 0 saturated heterocycles. The van der Waals surface area contributed by atoms with Crippen molar-refractivity contribution in [3.8, 4) is 0 Å². The Hall–Kier alpha value is -2.08. The van der Waals surface area contributed by atoms with E-state index < -0.39 is 0 Å². The summed E-state index contributed by atoms with van der Waals surface area (Å²) in [5, 5.41) is 11.7. The van der Waals surface area contributed by atoms with Crippen molar-refractivity contribution >= 4 is 17.3 Å². The molecule has 112 valence electrons. The van der Waals surface area contributed by atoms with E-state index in [0.717, 1.165) is 18.1 Å². The molecule has 2 aromatic rings. The van der Waals surface area contributed by atoms with Gasteiger partial charge in [-0.1, -0.05) is 6.08 Å². The molecule has 0 fully saturated rings. The standard InChI is InChI=1S/C15H21N5S/c1-4-6-16-15(17-8-13-5-7-21-12-13)19(2)10-14-9-18-20(3)11-14/h4-5,7,9,11-12H,1,6,8,10H2,2-3H3,(H,16,17). The first-order chi connectivity index (χ1) is 10.2. The van der Waals surface area contributed by atoms with Gasteiger partial charge in [0, 0.05) is 38.9 Å². The fraction of sp³-hybridized carbons (Fsp3) is 0.333. The van der Waals surface area contributed by atoms with Gasteiger partial charge in [0.15, 0.2) is 5.96 Å². The van der Waals surface area contributed by atoms with Gasteiger partial charge in [0.2, 0.25) is 0 Å². The summed E-state index contributed by atoms with van der Waals surface area (Å²) in [7, 11) is 3.95. The Morgan fingerprint density at radius 1 is 1.57 bits per heavy atom. The molecule has 0 unspecified atom stereocenters. The molecule has 1 N–H and O–H groups in total. The van der Waals surface area contributed by atoms with Crippen LogP contribution in [0.25, 0.3) is 0 Å². The highest BCUT2D eigenvalue weighted by Gasteiger charge is 2.07. The highest BCUT2D eigenvalue weighted by molar-refractivity contribution is 7.07. The molecular weight excluding hydrogens is 282 g/mol. The van der Waals surface area contributed by atoms with E-state index in [0.29, 0.717) is 13.1 Å². The average molecular weight is 303 g/mol. The number of nitrogens with one attached hydrogen (secondary N) is 1. The molecular formula is C15H21N5S. The minimum atomic E-state index is 0.681. The first-order valence-electron chi connectivity index (χ1n) is 6.78. The molecule has 2 heterocycles. The average Bonchev–Trinajstić information content (AvgIpc) is 3.10. The maximum absolute atomic E-state index is 4.67. The van der Waals surface area contributed by atoms with Gasteiger partial charge in [0.05, 0.1) is 12.7 Å². The molecule has 5 nitrogen and oxygen atoms in total. The summed E-state index contributed by atoms with van der Waals surface area (Å²) < 4.78 is 1.81. The molecule has 0 saturated carbocycles. The number of aryl methyl sites for hydroxylation is 1. The summed E-state index contributed by atoms with van der Waals surface area (Å²) in [6.07, 6.45) is 5.72. The third-order valence-electron chi connectivity index (χ3n) is 2.94. The maximum atomic E-state index is 4.67. The number of rotatable bonds is 6. The van der Waals surface area contributed by atoms with Crippen LogP contribution in [0.1, 0.15) is 11.1 Å². The van der Waals surface area contributed by atoms with Crippen LogP contribution in [0.3, 0.4) is 0 Å². The van der Waals surface area contributed by atoms with E-state index in [1.165, 1.54) is 5.56 Å². The minimum absolute atomic E-state index is 0.681. The van der Waals surface area contributed by atoms with E-state index >= 15 is 0 Å². The molecule has 0 atom stereocenters. The largest absolute Gasteiger partial charge is 0.353 e. The Kier molecular flexibility index (Phi) is 5.57. The first-order valence-corrected chi connectivity index (χ1v) is 7.72. The van der Waals surface area contributed by atoms with Crippen molar-refractivity contribution in [1.82, 2.24) is 20.0 Å². The molecule has 0 radical (unpaired) electrons. The van der Waals surface area contributed by atoms with Crippen LogP contribution in [0.15, 0.2) is 46.9 Å². The van der Waals surface area contributed by atoms with Gasteiger partial charge in [-0.2, -0.15) is 16.4 Å². The highest BCUT2D eigenvalue weighted by Crippen LogP contribution is 2.08. The predicted molar refractivity (Wildman–Crippen MR) is 88.3 cm³/mol. The molecule has 0 spiro atoms. The topological polar surface area (TPSA) is 45.5 Å². The lowest BCUT2D eigenvalue weighted by molar-refractivity contribution is 0.478. The third kappa shape index (κ3) is 4.75. The number of thiophene rings is 1. The Bertz CT molecular complexity index is 585. The summed E-state index contributed by atoms with van der Waals surface area (Å²) in [5.74, 6) is 0.866. The fourth-order valence-corrected chi connectivity index (χ4v) is 2.59. The van der Waals surface area contributed by atoms with E-state index in [2.05, 4.69) is 43.7 Å². The van der Waals surface area contributed by atoms with Crippen molar-refractivity contribution in [3.05, 3.63) is 53.0 Å². The quantitative estimate of drug-likeness (QED) is 0.506. The van der Waals surface area contributed by atoms with Crippen molar-refractivity contribution in [1.29, 1.82) is 0 Å². The SMILES string of the molecule is C=CCNC(=NCc1ccsc1)N(C)Cc1cnn(C)c1. The predicted octanol–water partition coefficient (Wildman–Crippen LogP) is 2.25. The Balaban J connectivity index is 2.02. The van der Waals surface area contributed by atoms with Crippen LogP contribution >= 0.6 is 11.3 Å². The van der Waals surface area contributed by atoms with Crippen LogP contribution in [0.4, 0.5) is 0 Å². The second-order valence-corrected chi connectivity index (χ2v) is 5.60. The Labute approximate surface area is 129 Å². The van der Waals surface area contributed by atoms with E-state index in [1.54, 1.807) is 11.3 Å². The second kappa shape index (κ2) is 7.64. The van der Waals surface area contributed by atoms with Crippen molar-refractivity contribution in [3.63, 3.8) is 0 Å². The van der Waals surface area contributed by atoms with E-state index in [1.807, 2.05) is 37.2 Å². The van der Waals surface area contributed by atoms with Gasteiger partial charge < -0.3 is 10.2 Å². The molecule has 0 amide bonds. The Morgan fingerprint density at radius 3 is 3.05 bits per heavy atom. The molecule has 0 aliphatic rings. The zero-order chi connectivity index (χ0) is 15.1. The van der Waals surface area contributed by atoms with E-state index in [4.69, 9.17) is 0 Å². The molecule has 6 heteroatoms. The van der Waals surface area contributed by atoms with Crippen LogP contribution < -0.4 is 5.32 Å². The first kappa shape index (κ1) is 15.3. The maximum Gasteiger partial charge on any atom is 0.194 e. The summed E-state index contributed by atoms with van der Waals surface area (Å²) >= 11 is 1.69. The molecule has 2 rings (SSSR count). The summed E-state index contributed by atoms with van der Waals surface area (Å²) in [4.78, 5) is 6.76. The zero-order valence-electron chi connectivity index (χ0n) is 12.5. The van der Waals surface area contributed by atoms with Gasteiger partial charge in [-0.25, -0.2) is 4.99 Å². The van der Waals surface area contributed by atoms with Crippen LogP contribution in [0, 0.1) is 0 Å². The molecule has 0 aromatic carbocycles. The lowest BCUT2D eigenvalue weighted by atomic mass is 10.3. The van der Waals surface area contributed by atoms with Crippen LogP contribution in [-0.2, 0) is 20.1 Å². The van der Waals surface area contributed by atoms with Crippen molar-refractivity contribution in [2.45, 2.75) is 13.1 Å². The number of hydrogen-bond acceptors (Lipinski definition) is 3. The number of guanidine groups is 1. The second-order valence-electron chi connectivity index (χ2n) is 4.82. The van der Waals surface area contributed by atoms with Gasteiger partial charge in [-0.3, -0.25) is 4.68 Å².